The zero-order valence-electron chi connectivity index (χ0n) is 10.6. The summed E-state index contributed by atoms with van der Waals surface area (Å²) in [5, 5.41) is 13.9. The number of aromatic nitrogens is 5. The fourth-order valence-corrected chi connectivity index (χ4v) is 2.38. The summed E-state index contributed by atoms with van der Waals surface area (Å²) in [5.74, 6) is 0.561. The normalized spacial score (nSPS) is 11.3. The predicted octanol–water partition coefficient (Wildman–Crippen LogP) is 1.99. The number of halogens is 1. The number of hydrogen-bond donors (Lipinski definition) is 0. The van der Waals surface area contributed by atoms with Gasteiger partial charge in [0.1, 0.15) is 0 Å². The Kier molecular flexibility index (Phi) is 3.21. The van der Waals surface area contributed by atoms with Gasteiger partial charge in [-0.3, -0.25) is 4.68 Å². The molecular weight excluding hydrogens is 262 g/mol. The minimum absolute atomic E-state index is 0.561. The van der Waals surface area contributed by atoms with Gasteiger partial charge in [0.15, 0.2) is 0 Å². The summed E-state index contributed by atoms with van der Waals surface area (Å²) in [6, 6.07) is 8.18. The van der Waals surface area contributed by atoms with Crippen molar-refractivity contribution in [2.45, 2.75) is 13.0 Å². The highest BCUT2D eigenvalue weighted by Crippen LogP contribution is 2.18. The van der Waals surface area contributed by atoms with E-state index in [9.17, 15) is 0 Å². The molecule has 5 nitrogen and oxygen atoms in total. The topological polar surface area (TPSA) is 48.5 Å². The van der Waals surface area contributed by atoms with Crippen molar-refractivity contribution in [3.05, 3.63) is 41.9 Å². The first kappa shape index (κ1) is 12.2. The summed E-state index contributed by atoms with van der Waals surface area (Å²) in [7, 11) is 1.95. The monoisotopic (exact) mass is 275 g/mol. The van der Waals surface area contributed by atoms with Gasteiger partial charge in [0, 0.05) is 30.9 Å². The first-order valence-corrected chi connectivity index (χ1v) is 6.67. The van der Waals surface area contributed by atoms with E-state index >= 15 is 0 Å². The van der Waals surface area contributed by atoms with Crippen LogP contribution in [0.1, 0.15) is 11.4 Å². The van der Waals surface area contributed by atoms with Crippen LogP contribution in [-0.2, 0) is 20.0 Å². The van der Waals surface area contributed by atoms with Crippen molar-refractivity contribution in [2.24, 2.45) is 7.05 Å². The lowest BCUT2D eigenvalue weighted by atomic mass is 10.2. The summed E-state index contributed by atoms with van der Waals surface area (Å²) < 4.78 is 3.69. The molecule has 2 aromatic heterocycles. The third kappa shape index (κ3) is 2.33. The van der Waals surface area contributed by atoms with Crippen LogP contribution in [0.2, 0.25) is 0 Å². The van der Waals surface area contributed by atoms with Crippen LogP contribution in [0.5, 0.6) is 0 Å². The molecule has 0 atom stereocenters. The van der Waals surface area contributed by atoms with E-state index in [1.165, 1.54) is 0 Å². The lowest BCUT2D eigenvalue weighted by Gasteiger charge is -1.96. The lowest BCUT2D eigenvalue weighted by molar-refractivity contribution is 0.627. The molecule has 0 aliphatic rings. The van der Waals surface area contributed by atoms with Gasteiger partial charge in [0.05, 0.1) is 23.4 Å². The molecule has 0 saturated carbocycles. The van der Waals surface area contributed by atoms with Gasteiger partial charge in [-0.25, -0.2) is 4.68 Å². The molecule has 6 heteroatoms. The number of para-hydroxylation sites is 1. The van der Waals surface area contributed by atoms with Crippen LogP contribution >= 0.6 is 11.6 Å². The van der Waals surface area contributed by atoms with Gasteiger partial charge in [0.25, 0.3) is 0 Å². The molecule has 0 saturated heterocycles. The maximum Gasteiger partial charge on any atom is 0.0918 e. The lowest BCUT2D eigenvalue weighted by Crippen LogP contribution is -2.02. The summed E-state index contributed by atoms with van der Waals surface area (Å²) >= 11 is 5.69. The smallest absolute Gasteiger partial charge is 0.0918 e. The van der Waals surface area contributed by atoms with Gasteiger partial charge in [-0.1, -0.05) is 23.4 Å². The molecule has 1 aromatic carbocycles. The maximum atomic E-state index is 5.69. The molecule has 0 fully saturated rings. The molecule has 19 heavy (non-hydrogen) atoms. The van der Waals surface area contributed by atoms with Gasteiger partial charge in [-0.15, -0.1) is 16.7 Å². The molecule has 3 aromatic rings. The molecule has 3 rings (SSSR count). The zero-order valence-corrected chi connectivity index (χ0v) is 11.4. The number of nitrogens with zero attached hydrogens (tertiary/aromatic N) is 5. The Morgan fingerprint density at radius 1 is 1.26 bits per heavy atom. The summed E-state index contributed by atoms with van der Waals surface area (Å²) in [6.45, 7) is 0.622. The fraction of sp³-hybridized carbons (Fsp3) is 0.308. The first-order valence-electron chi connectivity index (χ1n) is 6.13. The summed E-state index contributed by atoms with van der Waals surface area (Å²) in [5.41, 5.74) is 3.04. The standard InChI is InChI=1S/C13H14ClN5/c1-18-13-5-3-2-4-11(13)12(16-18)9-19-8-10(6-7-14)15-17-19/h2-5,8H,6-7,9H2,1H3. The highest BCUT2D eigenvalue weighted by Gasteiger charge is 2.09. The van der Waals surface area contributed by atoms with Gasteiger partial charge in [-0.2, -0.15) is 5.10 Å². The van der Waals surface area contributed by atoms with Crippen LogP contribution in [0.3, 0.4) is 0 Å². The second-order valence-corrected chi connectivity index (χ2v) is 4.81. The third-order valence-electron chi connectivity index (χ3n) is 3.08. The van der Waals surface area contributed by atoms with Crippen LogP contribution in [0.4, 0.5) is 0 Å². The second-order valence-electron chi connectivity index (χ2n) is 4.43. The van der Waals surface area contributed by atoms with E-state index in [1.54, 1.807) is 4.68 Å². The van der Waals surface area contributed by atoms with E-state index in [0.29, 0.717) is 12.4 Å². The molecule has 0 radical (unpaired) electrons. The molecule has 0 aliphatic heterocycles. The van der Waals surface area contributed by atoms with Crippen molar-refractivity contribution >= 4 is 22.5 Å². The Labute approximate surface area is 115 Å². The molecule has 98 valence electrons. The van der Waals surface area contributed by atoms with Crippen molar-refractivity contribution in [3.63, 3.8) is 0 Å². The summed E-state index contributed by atoms with van der Waals surface area (Å²) in [4.78, 5) is 0. The van der Waals surface area contributed by atoms with E-state index in [0.717, 1.165) is 28.7 Å². The number of hydrogen-bond acceptors (Lipinski definition) is 3. The Morgan fingerprint density at radius 3 is 2.95 bits per heavy atom. The minimum atomic E-state index is 0.561. The third-order valence-corrected chi connectivity index (χ3v) is 3.27. The van der Waals surface area contributed by atoms with Crippen LogP contribution in [-0.4, -0.2) is 30.7 Å². The van der Waals surface area contributed by atoms with Crippen molar-refractivity contribution in [3.8, 4) is 0 Å². The van der Waals surface area contributed by atoms with Gasteiger partial charge in [0.2, 0.25) is 0 Å². The zero-order chi connectivity index (χ0) is 13.2. The van der Waals surface area contributed by atoms with Gasteiger partial charge >= 0.3 is 0 Å². The van der Waals surface area contributed by atoms with Crippen LogP contribution in [0.15, 0.2) is 30.5 Å². The van der Waals surface area contributed by atoms with Crippen molar-refractivity contribution in [2.75, 3.05) is 5.88 Å². The Balaban J connectivity index is 1.92. The Morgan fingerprint density at radius 2 is 2.11 bits per heavy atom. The van der Waals surface area contributed by atoms with Crippen molar-refractivity contribution in [1.29, 1.82) is 0 Å². The molecule has 0 aliphatic carbocycles. The quantitative estimate of drug-likeness (QED) is 0.684. The predicted molar refractivity (Wildman–Crippen MR) is 74.3 cm³/mol. The molecule has 0 spiro atoms. The molecule has 0 N–H and O–H groups in total. The number of fused-ring (bicyclic) bond motifs is 1. The second kappa shape index (κ2) is 5.01. The van der Waals surface area contributed by atoms with Crippen LogP contribution in [0.25, 0.3) is 10.9 Å². The molecule has 0 amide bonds. The number of aryl methyl sites for hydroxylation is 2. The highest BCUT2D eigenvalue weighted by molar-refractivity contribution is 6.17. The maximum absolute atomic E-state index is 5.69. The van der Waals surface area contributed by atoms with Crippen LogP contribution in [0, 0.1) is 0 Å². The fourth-order valence-electron chi connectivity index (χ4n) is 2.19. The van der Waals surface area contributed by atoms with E-state index < -0.39 is 0 Å². The minimum Gasteiger partial charge on any atom is -0.268 e. The van der Waals surface area contributed by atoms with E-state index in [-0.39, 0.29) is 0 Å². The van der Waals surface area contributed by atoms with E-state index in [4.69, 9.17) is 11.6 Å². The largest absolute Gasteiger partial charge is 0.268 e. The van der Waals surface area contributed by atoms with E-state index in [1.807, 2.05) is 30.1 Å². The Bertz CT molecular complexity index is 700. The van der Waals surface area contributed by atoms with Crippen molar-refractivity contribution in [1.82, 2.24) is 24.8 Å². The molecular formula is C13H14ClN5. The molecule has 2 heterocycles. The highest BCUT2D eigenvalue weighted by atomic mass is 35.5. The van der Waals surface area contributed by atoms with E-state index in [2.05, 4.69) is 27.5 Å². The Hall–Kier alpha value is -1.88. The molecule has 0 bridgehead atoms. The van der Waals surface area contributed by atoms with Crippen LogP contribution < -0.4 is 0 Å². The first-order chi connectivity index (χ1) is 9.28. The number of benzene rings is 1. The van der Waals surface area contributed by atoms with Crippen molar-refractivity contribution < 1.29 is 0 Å². The SMILES string of the molecule is Cn1nc(Cn2cc(CCCl)nn2)c2ccccc21. The number of alkyl halides is 1. The number of rotatable bonds is 4. The molecule has 0 unspecified atom stereocenters. The van der Waals surface area contributed by atoms with Gasteiger partial charge < -0.3 is 0 Å². The average Bonchev–Trinajstić information content (AvgIpc) is 2.97. The average molecular weight is 276 g/mol. The van der Waals surface area contributed by atoms with Gasteiger partial charge in [-0.05, 0) is 6.07 Å². The summed E-state index contributed by atoms with van der Waals surface area (Å²) in [6.07, 6.45) is 2.66.